The van der Waals surface area contributed by atoms with Gasteiger partial charge in [-0.05, 0) is 63.0 Å². The van der Waals surface area contributed by atoms with Gasteiger partial charge in [-0.1, -0.05) is 36.4 Å². The molecule has 2 saturated heterocycles. The summed E-state index contributed by atoms with van der Waals surface area (Å²) < 4.78 is 6.02. The maximum atomic E-state index is 6.02. The molecular formula is C25H39Cl2N3O2. The van der Waals surface area contributed by atoms with E-state index < -0.39 is 0 Å². The summed E-state index contributed by atoms with van der Waals surface area (Å²) in [5.74, 6) is 1.00. The van der Waals surface area contributed by atoms with Crippen molar-refractivity contribution in [3.63, 3.8) is 0 Å². The molecule has 2 N–H and O–H groups in total. The molecule has 0 atom stereocenters. The second-order valence-electron chi connectivity index (χ2n) is 8.70. The number of rotatable bonds is 7. The van der Waals surface area contributed by atoms with E-state index in [9.17, 15) is 0 Å². The van der Waals surface area contributed by atoms with Crippen molar-refractivity contribution < 1.29 is 10.2 Å². The lowest BCUT2D eigenvalue weighted by Gasteiger charge is -2.37. The van der Waals surface area contributed by atoms with E-state index in [1.165, 1.54) is 42.7 Å². The zero-order chi connectivity index (χ0) is 20.1. The highest BCUT2D eigenvalue weighted by atomic mass is 35.5. The van der Waals surface area contributed by atoms with Gasteiger partial charge in [-0.15, -0.1) is 24.8 Å². The lowest BCUT2D eigenvalue weighted by atomic mass is 10.1. The zero-order valence-electron chi connectivity index (χ0n) is 19.3. The Hall–Kier alpha value is -1.50. The van der Waals surface area contributed by atoms with E-state index in [-0.39, 0.29) is 36.4 Å². The van der Waals surface area contributed by atoms with Gasteiger partial charge in [0.2, 0.25) is 0 Å². The SMILES string of the molecule is CC(C)Oc1ccccc1N1CCN(Cc2ccc(CN3CCCC3)cc2)CC1.Cl.Cl.O. The first-order valence-electron chi connectivity index (χ1n) is 11.2. The molecule has 2 fully saturated rings. The summed E-state index contributed by atoms with van der Waals surface area (Å²) >= 11 is 0. The summed E-state index contributed by atoms with van der Waals surface area (Å²) in [7, 11) is 0. The Bertz CT molecular complexity index is 775. The van der Waals surface area contributed by atoms with Gasteiger partial charge < -0.3 is 15.1 Å². The van der Waals surface area contributed by atoms with Gasteiger partial charge >= 0.3 is 0 Å². The number of para-hydroxylation sites is 2. The van der Waals surface area contributed by atoms with Crippen LogP contribution in [0.15, 0.2) is 48.5 Å². The highest BCUT2D eigenvalue weighted by Gasteiger charge is 2.20. The lowest BCUT2D eigenvalue weighted by molar-refractivity contribution is 0.235. The highest BCUT2D eigenvalue weighted by Crippen LogP contribution is 2.29. The molecule has 0 spiro atoms. The number of halogens is 2. The molecule has 0 aliphatic carbocycles. The van der Waals surface area contributed by atoms with E-state index in [0.29, 0.717) is 0 Å². The van der Waals surface area contributed by atoms with Crippen LogP contribution in [-0.4, -0.2) is 60.6 Å². The predicted molar refractivity (Wildman–Crippen MR) is 139 cm³/mol. The summed E-state index contributed by atoms with van der Waals surface area (Å²) in [6.45, 7) is 13.1. The fourth-order valence-corrected chi connectivity index (χ4v) is 4.43. The van der Waals surface area contributed by atoms with Crippen molar-refractivity contribution in [2.24, 2.45) is 0 Å². The quantitative estimate of drug-likeness (QED) is 0.584. The van der Waals surface area contributed by atoms with E-state index >= 15 is 0 Å². The minimum absolute atomic E-state index is 0. The topological polar surface area (TPSA) is 50.5 Å². The molecule has 0 aromatic heterocycles. The van der Waals surface area contributed by atoms with Crippen molar-refractivity contribution in [1.29, 1.82) is 0 Å². The van der Waals surface area contributed by atoms with Crippen LogP contribution < -0.4 is 9.64 Å². The van der Waals surface area contributed by atoms with Crippen LogP contribution in [-0.2, 0) is 13.1 Å². The fourth-order valence-electron chi connectivity index (χ4n) is 4.43. The summed E-state index contributed by atoms with van der Waals surface area (Å²) in [4.78, 5) is 7.60. The molecule has 0 amide bonds. The normalized spacial score (nSPS) is 16.8. The van der Waals surface area contributed by atoms with Crippen LogP contribution in [0, 0.1) is 0 Å². The maximum Gasteiger partial charge on any atom is 0.142 e. The van der Waals surface area contributed by atoms with Gasteiger partial charge in [0.05, 0.1) is 11.8 Å². The second-order valence-corrected chi connectivity index (χ2v) is 8.70. The largest absolute Gasteiger partial charge is 0.489 e. The van der Waals surface area contributed by atoms with Crippen molar-refractivity contribution in [3.8, 4) is 5.75 Å². The Balaban J connectivity index is 0.00000171. The van der Waals surface area contributed by atoms with Gasteiger partial charge in [0.15, 0.2) is 0 Å². The van der Waals surface area contributed by atoms with Crippen LogP contribution in [0.25, 0.3) is 0 Å². The zero-order valence-corrected chi connectivity index (χ0v) is 21.0. The summed E-state index contributed by atoms with van der Waals surface area (Å²) in [6, 6.07) is 17.7. The van der Waals surface area contributed by atoms with Crippen LogP contribution in [0.2, 0.25) is 0 Å². The maximum absolute atomic E-state index is 6.02. The third-order valence-corrected chi connectivity index (χ3v) is 5.97. The molecule has 0 radical (unpaired) electrons. The molecule has 4 rings (SSSR count). The van der Waals surface area contributed by atoms with Crippen molar-refractivity contribution >= 4 is 30.5 Å². The molecule has 7 heteroatoms. The first kappa shape index (κ1) is 28.5. The van der Waals surface area contributed by atoms with Gasteiger partial charge in [-0.3, -0.25) is 9.80 Å². The minimum Gasteiger partial charge on any atom is -0.489 e. The molecule has 0 unspecified atom stereocenters. The van der Waals surface area contributed by atoms with E-state index in [2.05, 4.69) is 77.1 Å². The molecule has 2 aliphatic heterocycles. The van der Waals surface area contributed by atoms with E-state index in [1.807, 2.05) is 0 Å². The van der Waals surface area contributed by atoms with Gasteiger partial charge in [0.1, 0.15) is 5.75 Å². The van der Waals surface area contributed by atoms with Crippen molar-refractivity contribution in [2.75, 3.05) is 44.2 Å². The monoisotopic (exact) mass is 483 g/mol. The first-order chi connectivity index (χ1) is 14.2. The summed E-state index contributed by atoms with van der Waals surface area (Å²) in [5, 5.41) is 0. The van der Waals surface area contributed by atoms with Crippen LogP contribution in [0.5, 0.6) is 5.75 Å². The molecule has 2 aromatic carbocycles. The van der Waals surface area contributed by atoms with Crippen LogP contribution in [0.4, 0.5) is 5.69 Å². The average molecular weight is 485 g/mol. The minimum atomic E-state index is 0. The average Bonchev–Trinajstić information content (AvgIpc) is 3.23. The third kappa shape index (κ3) is 7.82. The van der Waals surface area contributed by atoms with Crippen molar-refractivity contribution in [3.05, 3.63) is 59.7 Å². The smallest absolute Gasteiger partial charge is 0.142 e. The second kappa shape index (κ2) is 13.9. The number of piperazine rings is 1. The van der Waals surface area contributed by atoms with E-state index in [4.69, 9.17) is 4.74 Å². The number of anilines is 1. The molecule has 2 heterocycles. The van der Waals surface area contributed by atoms with Crippen molar-refractivity contribution in [1.82, 2.24) is 9.80 Å². The molecule has 32 heavy (non-hydrogen) atoms. The van der Waals surface area contributed by atoms with Gasteiger partial charge in [0.25, 0.3) is 0 Å². The van der Waals surface area contributed by atoms with Crippen LogP contribution in [0.1, 0.15) is 37.8 Å². The molecule has 0 bridgehead atoms. The Morgan fingerprint density at radius 3 is 1.75 bits per heavy atom. The molecule has 180 valence electrons. The molecular weight excluding hydrogens is 445 g/mol. The Labute approximate surface area is 205 Å². The molecule has 2 aliphatic rings. The van der Waals surface area contributed by atoms with Crippen LogP contribution in [0.3, 0.4) is 0 Å². The number of likely N-dealkylation sites (tertiary alicyclic amines) is 1. The number of nitrogens with zero attached hydrogens (tertiary/aromatic N) is 3. The molecule has 0 saturated carbocycles. The highest BCUT2D eigenvalue weighted by molar-refractivity contribution is 5.85. The predicted octanol–water partition coefficient (Wildman–Crippen LogP) is 4.41. The third-order valence-electron chi connectivity index (χ3n) is 5.97. The summed E-state index contributed by atoms with van der Waals surface area (Å²) in [6.07, 6.45) is 2.92. The fraction of sp³-hybridized carbons (Fsp3) is 0.520. The first-order valence-corrected chi connectivity index (χ1v) is 11.2. The van der Waals surface area contributed by atoms with Crippen LogP contribution >= 0.6 is 24.8 Å². The molecule has 5 nitrogen and oxygen atoms in total. The van der Waals surface area contributed by atoms with E-state index in [0.717, 1.165) is 45.0 Å². The van der Waals surface area contributed by atoms with Gasteiger partial charge in [-0.25, -0.2) is 0 Å². The van der Waals surface area contributed by atoms with Gasteiger partial charge in [-0.2, -0.15) is 0 Å². The van der Waals surface area contributed by atoms with E-state index in [1.54, 1.807) is 0 Å². The van der Waals surface area contributed by atoms with Crippen molar-refractivity contribution in [2.45, 2.75) is 45.9 Å². The molecule has 2 aromatic rings. The lowest BCUT2D eigenvalue weighted by Crippen LogP contribution is -2.46. The Kier molecular flexibility index (Phi) is 12.4. The Morgan fingerprint density at radius 1 is 0.719 bits per heavy atom. The summed E-state index contributed by atoms with van der Waals surface area (Å²) in [5.41, 5.74) is 4.10. The number of hydrogen-bond acceptors (Lipinski definition) is 4. The number of benzene rings is 2. The van der Waals surface area contributed by atoms with Gasteiger partial charge in [0, 0.05) is 39.3 Å². The number of ether oxygens (including phenoxy) is 1. The number of hydrogen-bond donors (Lipinski definition) is 0. The standard InChI is InChI=1S/C25H35N3O.2ClH.H2O/c1-21(2)29-25-8-4-3-7-24(25)28-17-15-27(16-18-28)20-23-11-9-22(10-12-23)19-26-13-5-6-14-26;;;/h3-4,7-12,21H,5-6,13-20H2,1-2H3;2*1H;1H2. The Morgan fingerprint density at radius 2 is 1.22 bits per heavy atom.